The van der Waals surface area contributed by atoms with Crippen LogP contribution in [0.25, 0.3) is 0 Å². The molecule has 0 saturated carbocycles. The van der Waals surface area contributed by atoms with Crippen LogP contribution in [-0.4, -0.2) is 29.7 Å². The molecule has 1 aliphatic heterocycles. The van der Waals surface area contributed by atoms with Crippen LogP contribution in [0.15, 0.2) is 24.3 Å². The summed E-state index contributed by atoms with van der Waals surface area (Å²) >= 11 is 0. The van der Waals surface area contributed by atoms with Crippen molar-refractivity contribution in [2.75, 3.05) is 13.1 Å². The molecule has 1 aromatic rings. The molecule has 1 aromatic carbocycles. The molecule has 2 aliphatic rings. The van der Waals surface area contributed by atoms with E-state index in [0.717, 1.165) is 43.5 Å². The first-order chi connectivity index (χ1) is 8.75. The first kappa shape index (κ1) is 11.5. The number of likely N-dealkylation sites (tertiary alicyclic amines) is 1. The maximum atomic E-state index is 12.3. The number of hydrogen-bond acceptors (Lipinski definition) is 2. The third-order valence-electron chi connectivity index (χ3n) is 3.98. The van der Waals surface area contributed by atoms with E-state index in [1.165, 1.54) is 0 Å². The fourth-order valence-corrected chi connectivity index (χ4v) is 3.01. The maximum Gasteiger partial charge on any atom is 0.226 e. The van der Waals surface area contributed by atoms with Gasteiger partial charge >= 0.3 is 0 Å². The highest BCUT2D eigenvalue weighted by Gasteiger charge is 2.32. The molecule has 3 heteroatoms. The maximum absolute atomic E-state index is 12.3. The summed E-state index contributed by atoms with van der Waals surface area (Å²) in [6, 6.07) is 7.67. The second kappa shape index (κ2) is 4.56. The van der Waals surface area contributed by atoms with E-state index in [9.17, 15) is 9.59 Å². The number of carbonyl (C=O) groups is 2. The number of Topliss-reactive ketones (excluding diaryl/α,β-unsaturated/α-hetero) is 1. The van der Waals surface area contributed by atoms with Crippen LogP contribution in [0.3, 0.4) is 0 Å². The summed E-state index contributed by atoms with van der Waals surface area (Å²) < 4.78 is 0. The largest absolute Gasteiger partial charge is 0.342 e. The monoisotopic (exact) mass is 243 g/mol. The Morgan fingerprint density at radius 3 is 2.61 bits per heavy atom. The molecule has 1 aliphatic carbocycles. The topological polar surface area (TPSA) is 37.4 Å². The van der Waals surface area contributed by atoms with Crippen molar-refractivity contribution in [3.63, 3.8) is 0 Å². The summed E-state index contributed by atoms with van der Waals surface area (Å²) in [5.41, 5.74) is 1.84. The highest BCUT2D eigenvalue weighted by Crippen LogP contribution is 2.27. The Morgan fingerprint density at radius 1 is 1.11 bits per heavy atom. The molecule has 1 amide bonds. The van der Waals surface area contributed by atoms with Crippen molar-refractivity contribution in [3.8, 4) is 0 Å². The second-order valence-electron chi connectivity index (χ2n) is 5.22. The molecule has 0 spiro atoms. The predicted octanol–water partition coefficient (Wildman–Crippen LogP) is 2.05. The molecule has 18 heavy (non-hydrogen) atoms. The third-order valence-corrected chi connectivity index (χ3v) is 3.98. The lowest BCUT2D eigenvalue weighted by atomic mass is 9.82. The quantitative estimate of drug-likeness (QED) is 0.757. The summed E-state index contributed by atoms with van der Waals surface area (Å²) in [6.45, 7) is 1.73. The Labute approximate surface area is 107 Å². The third kappa shape index (κ3) is 1.94. The van der Waals surface area contributed by atoms with E-state index in [0.29, 0.717) is 6.42 Å². The van der Waals surface area contributed by atoms with Gasteiger partial charge in [-0.2, -0.15) is 0 Å². The molecular formula is C15H17NO2. The molecule has 94 valence electrons. The van der Waals surface area contributed by atoms with E-state index >= 15 is 0 Å². The van der Waals surface area contributed by atoms with Crippen molar-refractivity contribution in [1.29, 1.82) is 0 Å². The molecule has 1 atom stereocenters. The average molecular weight is 243 g/mol. The summed E-state index contributed by atoms with van der Waals surface area (Å²) in [4.78, 5) is 26.3. The van der Waals surface area contributed by atoms with Gasteiger partial charge in [0.25, 0.3) is 0 Å². The molecule has 1 fully saturated rings. The zero-order chi connectivity index (χ0) is 12.5. The van der Waals surface area contributed by atoms with Gasteiger partial charge in [0, 0.05) is 31.0 Å². The van der Waals surface area contributed by atoms with Crippen LogP contribution in [0.2, 0.25) is 0 Å². The van der Waals surface area contributed by atoms with Crippen LogP contribution < -0.4 is 0 Å². The molecule has 1 saturated heterocycles. The zero-order valence-electron chi connectivity index (χ0n) is 10.4. The number of amides is 1. The average Bonchev–Trinajstić information content (AvgIpc) is 2.91. The van der Waals surface area contributed by atoms with Gasteiger partial charge < -0.3 is 4.90 Å². The van der Waals surface area contributed by atoms with Crippen molar-refractivity contribution in [2.24, 2.45) is 5.92 Å². The molecule has 0 radical (unpaired) electrons. The minimum absolute atomic E-state index is 0.120. The molecule has 0 bridgehead atoms. The van der Waals surface area contributed by atoms with Crippen molar-refractivity contribution >= 4 is 11.7 Å². The summed E-state index contributed by atoms with van der Waals surface area (Å²) in [5, 5.41) is 0. The Kier molecular flexibility index (Phi) is 2.90. The lowest BCUT2D eigenvalue weighted by Crippen LogP contribution is -2.37. The van der Waals surface area contributed by atoms with Crippen LogP contribution in [0, 0.1) is 5.92 Å². The van der Waals surface area contributed by atoms with E-state index in [2.05, 4.69) is 0 Å². The number of hydrogen-bond donors (Lipinski definition) is 0. The highest BCUT2D eigenvalue weighted by atomic mass is 16.2. The van der Waals surface area contributed by atoms with Crippen molar-refractivity contribution in [1.82, 2.24) is 4.90 Å². The molecule has 1 unspecified atom stereocenters. The van der Waals surface area contributed by atoms with Gasteiger partial charge in [-0.25, -0.2) is 0 Å². The van der Waals surface area contributed by atoms with Gasteiger partial charge in [-0.3, -0.25) is 9.59 Å². The summed E-state index contributed by atoms with van der Waals surface area (Å²) in [7, 11) is 0. The standard InChI is InChI=1S/C15H17NO2/c17-14-10-12(15(18)16-7-3-4-8-16)9-11-5-1-2-6-13(11)14/h1-2,5-6,12H,3-4,7-10H2. The van der Waals surface area contributed by atoms with E-state index < -0.39 is 0 Å². The molecule has 0 aromatic heterocycles. The smallest absolute Gasteiger partial charge is 0.226 e. The number of carbonyl (C=O) groups excluding carboxylic acids is 2. The van der Waals surface area contributed by atoms with Crippen LogP contribution in [0.5, 0.6) is 0 Å². The fourth-order valence-electron chi connectivity index (χ4n) is 3.01. The van der Waals surface area contributed by atoms with Gasteiger partial charge in [-0.1, -0.05) is 24.3 Å². The summed E-state index contributed by atoms with van der Waals surface area (Å²) in [5.74, 6) is 0.162. The number of rotatable bonds is 1. The lowest BCUT2D eigenvalue weighted by molar-refractivity contribution is -0.134. The Morgan fingerprint density at radius 2 is 1.83 bits per heavy atom. The SMILES string of the molecule is O=C1CC(C(=O)N2CCCC2)Cc2ccccc21. The van der Waals surface area contributed by atoms with Crippen molar-refractivity contribution in [3.05, 3.63) is 35.4 Å². The number of benzene rings is 1. The van der Waals surface area contributed by atoms with E-state index in [4.69, 9.17) is 0 Å². The van der Waals surface area contributed by atoms with Gasteiger partial charge in [0.1, 0.15) is 0 Å². The highest BCUT2D eigenvalue weighted by molar-refractivity contribution is 6.01. The van der Waals surface area contributed by atoms with Crippen molar-refractivity contribution in [2.45, 2.75) is 25.7 Å². The number of ketones is 1. The Bertz CT molecular complexity index is 489. The van der Waals surface area contributed by atoms with Crippen LogP contribution in [0.1, 0.15) is 35.2 Å². The normalized spacial score (nSPS) is 23.0. The van der Waals surface area contributed by atoms with Gasteiger partial charge in [0.15, 0.2) is 5.78 Å². The second-order valence-corrected chi connectivity index (χ2v) is 5.22. The van der Waals surface area contributed by atoms with E-state index in [1.807, 2.05) is 29.2 Å². The Hall–Kier alpha value is -1.64. The molecule has 1 heterocycles. The Balaban J connectivity index is 1.81. The van der Waals surface area contributed by atoms with Gasteiger partial charge in [0.2, 0.25) is 5.91 Å². The minimum Gasteiger partial charge on any atom is -0.342 e. The van der Waals surface area contributed by atoms with Crippen LogP contribution >= 0.6 is 0 Å². The minimum atomic E-state index is -0.134. The molecular weight excluding hydrogens is 226 g/mol. The van der Waals surface area contributed by atoms with E-state index in [1.54, 1.807) is 0 Å². The van der Waals surface area contributed by atoms with Gasteiger partial charge in [-0.15, -0.1) is 0 Å². The van der Waals surface area contributed by atoms with Gasteiger partial charge in [0.05, 0.1) is 0 Å². The van der Waals surface area contributed by atoms with E-state index in [-0.39, 0.29) is 17.6 Å². The number of fused-ring (bicyclic) bond motifs is 1. The predicted molar refractivity (Wildman–Crippen MR) is 68.4 cm³/mol. The molecule has 3 nitrogen and oxygen atoms in total. The first-order valence-corrected chi connectivity index (χ1v) is 6.65. The van der Waals surface area contributed by atoms with Gasteiger partial charge in [-0.05, 0) is 24.8 Å². The molecule has 3 rings (SSSR count). The number of nitrogens with zero attached hydrogens (tertiary/aromatic N) is 1. The summed E-state index contributed by atoms with van der Waals surface area (Å²) in [6.07, 6.45) is 3.30. The lowest BCUT2D eigenvalue weighted by Gasteiger charge is -2.26. The zero-order valence-corrected chi connectivity index (χ0v) is 10.4. The van der Waals surface area contributed by atoms with Crippen LogP contribution in [-0.2, 0) is 11.2 Å². The first-order valence-electron chi connectivity index (χ1n) is 6.65. The van der Waals surface area contributed by atoms with Crippen LogP contribution in [0.4, 0.5) is 0 Å². The fraction of sp³-hybridized carbons (Fsp3) is 0.467. The molecule has 0 N–H and O–H groups in total. The van der Waals surface area contributed by atoms with Crippen molar-refractivity contribution < 1.29 is 9.59 Å².